The number of hydrogen-bond acceptors (Lipinski definition) is 6. The van der Waals surface area contributed by atoms with Gasteiger partial charge in [0, 0.05) is 12.3 Å². The molecule has 0 aliphatic rings. The normalized spacial score (nSPS) is 13.2. The van der Waals surface area contributed by atoms with E-state index in [0.29, 0.717) is 11.4 Å². The molecule has 0 amide bonds. The molecule has 2 rings (SSSR count). The van der Waals surface area contributed by atoms with Gasteiger partial charge in [0.15, 0.2) is 5.65 Å². The van der Waals surface area contributed by atoms with E-state index in [9.17, 15) is 5.11 Å². The average Bonchev–Trinajstić information content (AvgIpc) is 2.74. The van der Waals surface area contributed by atoms with E-state index in [1.807, 2.05) is 0 Å². The highest BCUT2D eigenvalue weighted by Crippen LogP contribution is 2.21. The lowest BCUT2D eigenvalue weighted by Gasteiger charge is -2.06. The standard InChI is InChI=1S/C8H11N5OS/c9-1-5(14)2-15-8-6-7(11-3-10-6)12-4-13-8/h3-5,14H,1-2,9H2,(H,10,11,12,13). The van der Waals surface area contributed by atoms with Crippen LogP contribution in [0.4, 0.5) is 0 Å². The molecule has 0 aromatic carbocycles. The fraction of sp³-hybridized carbons (Fsp3) is 0.375. The van der Waals surface area contributed by atoms with Gasteiger partial charge in [0.25, 0.3) is 0 Å². The van der Waals surface area contributed by atoms with Gasteiger partial charge in [-0.05, 0) is 0 Å². The lowest BCUT2D eigenvalue weighted by molar-refractivity contribution is 0.208. The van der Waals surface area contributed by atoms with Gasteiger partial charge in [0.05, 0.1) is 12.4 Å². The number of imidazole rings is 1. The van der Waals surface area contributed by atoms with Gasteiger partial charge in [-0.25, -0.2) is 15.0 Å². The van der Waals surface area contributed by atoms with E-state index in [4.69, 9.17) is 5.73 Å². The van der Waals surface area contributed by atoms with Gasteiger partial charge >= 0.3 is 0 Å². The molecule has 2 aromatic heterocycles. The van der Waals surface area contributed by atoms with Crippen LogP contribution in [0.2, 0.25) is 0 Å². The third kappa shape index (κ3) is 2.25. The average molecular weight is 225 g/mol. The van der Waals surface area contributed by atoms with Gasteiger partial charge in [0.2, 0.25) is 0 Å². The number of aromatic nitrogens is 4. The van der Waals surface area contributed by atoms with Crippen LogP contribution in [0, 0.1) is 0 Å². The van der Waals surface area contributed by atoms with Gasteiger partial charge < -0.3 is 15.8 Å². The minimum Gasteiger partial charge on any atom is -0.391 e. The number of nitrogens with two attached hydrogens (primary N) is 1. The monoisotopic (exact) mass is 225 g/mol. The number of aliphatic hydroxyl groups is 1. The predicted octanol–water partition coefficient (Wildman–Crippen LogP) is -0.235. The number of fused-ring (bicyclic) bond motifs is 1. The second kappa shape index (κ2) is 4.56. The fourth-order valence-electron chi connectivity index (χ4n) is 1.10. The smallest absolute Gasteiger partial charge is 0.181 e. The second-order valence-corrected chi connectivity index (χ2v) is 3.99. The van der Waals surface area contributed by atoms with Crippen molar-refractivity contribution in [1.29, 1.82) is 0 Å². The Bertz CT molecular complexity index is 445. The first kappa shape index (κ1) is 10.3. The van der Waals surface area contributed by atoms with E-state index < -0.39 is 6.10 Å². The van der Waals surface area contributed by atoms with Crippen LogP contribution in [0.1, 0.15) is 0 Å². The molecule has 1 unspecified atom stereocenters. The molecule has 80 valence electrons. The fourth-order valence-corrected chi connectivity index (χ4v) is 2.00. The van der Waals surface area contributed by atoms with E-state index in [1.54, 1.807) is 6.33 Å². The van der Waals surface area contributed by atoms with Crippen molar-refractivity contribution < 1.29 is 5.11 Å². The molecule has 0 fully saturated rings. The van der Waals surface area contributed by atoms with Crippen molar-refractivity contribution in [2.75, 3.05) is 12.3 Å². The number of hydrogen-bond donors (Lipinski definition) is 3. The van der Waals surface area contributed by atoms with Gasteiger partial charge in [-0.3, -0.25) is 0 Å². The highest BCUT2D eigenvalue weighted by atomic mass is 32.2. The Morgan fingerprint density at radius 2 is 2.33 bits per heavy atom. The lowest BCUT2D eigenvalue weighted by Crippen LogP contribution is -2.21. The minimum absolute atomic E-state index is 0.254. The summed E-state index contributed by atoms with van der Waals surface area (Å²) in [6.45, 7) is 0.254. The number of thioether (sulfide) groups is 1. The summed E-state index contributed by atoms with van der Waals surface area (Å²) >= 11 is 1.43. The Balaban J connectivity index is 2.17. The highest BCUT2D eigenvalue weighted by molar-refractivity contribution is 7.99. The molecule has 2 aromatic rings. The van der Waals surface area contributed by atoms with Crippen LogP contribution in [-0.2, 0) is 0 Å². The quantitative estimate of drug-likeness (QED) is 0.490. The highest BCUT2D eigenvalue weighted by Gasteiger charge is 2.08. The van der Waals surface area contributed by atoms with Crippen LogP contribution in [-0.4, -0.2) is 43.4 Å². The predicted molar refractivity (Wildman–Crippen MR) is 57.5 cm³/mol. The second-order valence-electron chi connectivity index (χ2n) is 2.98. The molecule has 0 aliphatic heterocycles. The first-order chi connectivity index (χ1) is 7.31. The molecular formula is C8H11N5OS. The van der Waals surface area contributed by atoms with Crippen molar-refractivity contribution in [2.45, 2.75) is 11.1 Å². The lowest BCUT2D eigenvalue weighted by atomic mass is 10.4. The van der Waals surface area contributed by atoms with Gasteiger partial charge in [-0.15, -0.1) is 11.8 Å². The van der Waals surface area contributed by atoms with Gasteiger partial charge in [0.1, 0.15) is 16.9 Å². The molecule has 1 atom stereocenters. The Hall–Kier alpha value is -1.18. The Kier molecular flexibility index (Phi) is 3.14. The van der Waals surface area contributed by atoms with Crippen LogP contribution < -0.4 is 5.73 Å². The summed E-state index contributed by atoms with van der Waals surface area (Å²) in [7, 11) is 0. The maximum atomic E-state index is 9.33. The van der Waals surface area contributed by atoms with E-state index in [-0.39, 0.29) is 6.54 Å². The number of nitrogens with zero attached hydrogens (tertiary/aromatic N) is 3. The topological polar surface area (TPSA) is 101 Å². The largest absolute Gasteiger partial charge is 0.391 e. The number of H-pyrrole nitrogens is 1. The van der Waals surface area contributed by atoms with Crippen molar-refractivity contribution in [3.05, 3.63) is 12.7 Å². The number of rotatable bonds is 4. The van der Waals surface area contributed by atoms with Crippen molar-refractivity contribution in [1.82, 2.24) is 19.9 Å². The summed E-state index contributed by atoms with van der Waals surface area (Å²) in [5.74, 6) is 0.516. The van der Waals surface area contributed by atoms with E-state index in [1.165, 1.54) is 18.1 Å². The molecule has 6 nitrogen and oxygen atoms in total. The maximum absolute atomic E-state index is 9.33. The molecule has 0 radical (unpaired) electrons. The van der Waals surface area contributed by atoms with Crippen LogP contribution in [0.3, 0.4) is 0 Å². The minimum atomic E-state index is -0.511. The third-order valence-corrected chi connectivity index (χ3v) is 3.01. The van der Waals surface area contributed by atoms with Crippen molar-refractivity contribution in [3.63, 3.8) is 0 Å². The first-order valence-corrected chi connectivity index (χ1v) is 5.45. The third-order valence-electron chi connectivity index (χ3n) is 1.87. The van der Waals surface area contributed by atoms with Crippen LogP contribution >= 0.6 is 11.8 Å². The molecule has 4 N–H and O–H groups in total. The molecule has 7 heteroatoms. The molecule has 15 heavy (non-hydrogen) atoms. The molecule has 0 saturated carbocycles. The molecule has 0 spiro atoms. The van der Waals surface area contributed by atoms with Crippen LogP contribution in [0.5, 0.6) is 0 Å². The van der Waals surface area contributed by atoms with Crippen molar-refractivity contribution in [2.24, 2.45) is 5.73 Å². The van der Waals surface area contributed by atoms with Gasteiger partial charge in [-0.1, -0.05) is 0 Å². The molecule has 0 aliphatic carbocycles. The number of aliphatic hydroxyl groups excluding tert-OH is 1. The molecule has 0 bridgehead atoms. The summed E-state index contributed by atoms with van der Waals surface area (Å²) in [6.07, 6.45) is 2.52. The van der Waals surface area contributed by atoms with Crippen LogP contribution in [0.25, 0.3) is 11.2 Å². The Morgan fingerprint density at radius 1 is 1.47 bits per heavy atom. The molecule has 0 saturated heterocycles. The summed E-state index contributed by atoms with van der Waals surface area (Å²) in [5, 5.41) is 10.1. The summed E-state index contributed by atoms with van der Waals surface area (Å²) in [5.41, 5.74) is 6.74. The molecular weight excluding hydrogens is 214 g/mol. The zero-order chi connectivity index (χ0) is 10.7. The van der Waals surface area contributed by atoms with E-state index >= 15 is 0 Å². The Labute approximate surface area is 90.3 Å². The van der Waals surface area contributed by atoms with Gasteiger partial charge in [-0.2, -0.15) is 0 Å². The van der Waals surface area contributed by atoms with Crippen molar-refractivity contribution in [3.8, 4) is 0 Å². The summed E-state index contributed by atoms with van der Waals surface area (Å²) in [6, 6.07) is 0. The first-order valence-electron chi connectivity index (χ1n) is 4.46. The summed E-state index contributed by atoms with van der Waals surface area (Å²) in [4.78, 5) is 15.1. The zero-order valence-corrected chi connectivity index (χ0v) is 8.74. The van der Waals surface area contributed by atoms with Crippen LogP contribution in [0.15, 0.2) is 17.7 Å². The summed E-state index contributed by atoms with van der Waals surface area (Å²) < 4.78 is 0. The SMILES string of the molecule is NCC(O)CSc1ncnc2nc[nH]c12. The number of aromatic amines is 1. The molecule has 2 heterocycles. The Morgan fingerprint density at radius 3 is 3.13 bits per heavy atom. The van der Waals surface area contributed by atoms with E-state index in [2.05, 4.69) is 19.9 Å². The van der Waals surface area contributed by atoms with E-state index in [0.717, 1.165) is 10.5 Å². The zero-order valence-electron chi connectivity index (χ0n) is 7.92. The number of nitrogens with one attached hydrogen (secondary N) is 1. The maximum Gasteiger partial charge on any atom is 0.181 e. The van der Waals surface area contributed by atoms with Crippen molar-refractivity contribution >= 4 is 22.9 Å².